The summed E-state index contributed by atoms with van der Waals surface area (Å²) in [5, 5.41) is 7.19. The Bertz CT molecular complexity index is 568. The summed E-state index contributed by atoms with van der Waals surface area (Å²) >= 11 is 4.02. The van der Waals surface area contributed by atoms with Crippen LogP contribution >= 0.6 is 12.6 Å². The molecule has 0 fully saturated rings. The molecule has 0 saturated heterocycles. The van der Waals surface area contributed by atoms with Gasteiger partial charge in [0.1, 0.15) is 0 Å². The Morgan fingerprint density at radius 2 is 2.10 bits per heavy atom. The van der Waals surface area contributed by atoms with Gasteiger partial charge in [0.25, 0.3) is 0 Å². The van der Waals surface area contributed by atoms with Crippen LogP contribution in [0.3, 0.4) is 0 Å². The molecule has 1 aromatic carbocycles. The van der Waals surface area contributed by atoms with Gasteiger partial charge in [0.15, 0.2) is 11.6 Å². The lowest BCUT2D eigenvalue weighted by Crippen LogP contribution is -2.26. The van der Waals surface area contributed by atoms with Crippen LogP contribution in [-0.2, 0) is 18.3 Å². The van der Waals surface area contributed by atoms with Crippen molar-refractivity contribution in [3.63, 3.8) is 0 Å². The maximum atomic E-state index is 11.3. The SMILES string of the molecule is Cn1nc(CCNC(=O)CCS)nc1-c1ccccc1. The molecule has 2 rings (SSSR count). The zero-order chi connectivity index (χ0) is 14.4. The molecule has 2 aromatic rings. The largest absolute Gasteiger partial charge is 0.356 e. The maximum Gasteiger partial charge on any atom is 0.220 e. The van der Waals surface area contributed by atoms with E-state index in [2.05, 4.69) is 28.0 Å². The van der Waals surface area contributed by atoms with Crippen molar-refractivity contribution < 1.29 is 4.79 Å². The third-order valence-electron chi connectivity index (χ3n) is 2.85. The predicted molar refractivity (Wildman–Crippen MR) is 81.6 cm³/mol. The normalized spacial score (nSPS) is 10.5. The first kappa shape index (κ1) is 14.6. The molecular weight excluding hydrogens is 272 g/mol. The topological polar surface area (TPSA) is 59.8 Å². The molecule has 0 atom stereocenters. The van der Waals surface area contributed by atoms with Crippen LogP contribution in [-0.4, -0.2) is 33.0 Å². The average molecular weight is 290 g/mol. The summed E-state index contributed by atoms with van der Waals surface area (Å²) in [7, 11) is 1.87. The molecule has 0 aliphatic rings. The van der Waals surface area contributed by atoms with Crippen molar-refractivity contribution >= 4 is 18.5 Å². The molecule has 1 amide bonds. The molecular formula is C14H18N4OS. The van der Waals surface area contributed by atoms with Gasteiger partial charge in [-0.15, -0.1) is 0 Å². The Balaban J connectivity index is 1.96. The monoisotopic (exact) mass is 290 g/mol. The first-order valence-corrected chi connectivity index (χ1v) is 7.17. The molecule has 0 saturated carbocycles. The fraction of sp³-hybridized carbons (Fsp3) is 0.357. The molecule has 106 valence electrons. The van der Waals surface area contributed by atoms with Gasteiger partial charge in [-0.1, -0.05) is 30.3 Å². The van der Waals surface area contributed by atoms with Gasteiger partial charge < -0.3 is 5.32 Å². The minimum absolute atomic E-state index is 0.0132. The number of nitrogens with one attached hydrogen (secondary N) is 1. The van der Waals surface area contributed by atoms with E-state index in [0.29, 0.717) is 25.1 Å². The quantitative estimate of drug-likeness (QED) is 0.792. The lowest BCUT2D eigenvalue weighted by Gasteiger charge is -2.00. The van der Waals surface area contributed by atoms with Gasteiger partial charge >= 0.3 is 0 Å². The molecule has 0 aliphatic heterocycles. The Morgan fingerprint density at radius 1 is 1.35 bits per heavy atom. The Kier molecular flexibility index (Phi) is 5.17. The summed E-state index contributed by atoms with van der Waals surface area (Å²) in [6.45, 7) is 0.546. The van der Waals surface area contributed by atoms with Gasteiger partial charge in [-0.05, 0) is 5.75 Å². The molecule has 0 aliphatic carbocycles. The Morgan fingerprint density at radius 3 is 2.80 bits per heavy atom. The molecule has 1 aromatic heterocycles. The van der Waals surface area contributed by atoms with Crippen molar-refractivity contribution in [3.05, 3.63) is 36.2 Å². The molecule has 1 N–H and O–H groups in total. The predicted octanol–water partition coefficient (Wildman–Crippen LogP) is 1.46. The zero-order valence-corrected chi connectivity index (χ0v) is 12.3. The number of benzene rings is 1. The van der Waals surface area contributed by atoms with E-state index in [1.807, 2.05) is 37.4 Å². The number of aromatic nitrogens is 3. The Hall–Kier alpha value is -1.82. The van der Waals surface area contributed by atoms with Crippen molar-refractivity contribution in [1.29, 1.82) is 0 Å². The van der Waals surface area contributed by atoms with E-state index in [1.165, 1.54) is 0 Å². The van der Waals surface area contributed by atoms with Gasteiger partial charge in [0, 0.05) is 32.0 Å². The highest BCUT2D eigenvalue weighted by molar-refractivity contribution is 7.80. The second-order valence-corrected chi connectivity index (χ2v) is 4.86. The van der Waals surface area contributed by atoms with Crippen LogP contribution in [0.1, 0.15) is 12.2 Å². The van der Waals surface area contributed by atoms with E-state index < -0.39 is 0 Å². The summed E-state index contributed by atoms with van der Waals surface area (Å²) in [5.41, 5.74) is 1.04. The first-order valence-electron chi connectivity index (χ1n) is 6.53. The van der Waals surface area contributed by atoms with Crippen LogP contribution in [0, 0.1) is 0 Å². The van der Waals surface area contributed by atoms with Gasteiger partial charge in [0.2, 0.25) is 5.91 Å². The van der Waals surface area contributed by atoms with E-state index in [0.717, 1.165) is 17.2 Å². The van der Waals surface area contributed by atoms with Crippen LogP contribution in [0.2, 0.25) is 0 Å². The van der Waals surface area contributed by atoms with E-state index in [1.54, 1.807) is 4.68 Å². The number of aryl methyl sites for hydroxylation is 1. The highest BCUT2D eigenvalue weighted by Crippen LogP contribution is 2.15. The van der Waals surface area contributed by atoms with Gasteiger partial charge in [0.05, 0.1) is 0 Å². The van der Waals surface area contributed by atoms with Crippen LogP contribution in [0.15, 0.2) is 30.3 Å². The summed E-state index contributed by atoms with van der Waals surface area (Å²) in [6, 6.07) is 9.92. The van der Waals surface area contributed by atoms with E-state index >= 15 is 0 Å². The van der Waals surface area contributed by atoms with Crippen LogP contribution < -0.4 is 5.32 Å². The number of carbonyl (C=O) groups is 1. The van der Waals surface area contributed by atoms with Gasteiger partial charge in [-0.25, -0.2) is 9.67 Å². The number of hydrogen-bond donors (Lipinski definition) is 2. The van der Waals surface area contributed by atoms with Gasteiger partial charge in [-0.3, -0.25) is 4.79 Å². The lowest BCUT2D eigenvalue weighted by atomic mass is 10.2. The first-order chi connectivity index (χ1) is 9.70. The summed E-state index contributed by atoms with van der Waals surface area (Å²) < 4.78 is 1.76. The molecule has 0 unspecified atom stereocenters. The van der Waals surface area contributed by atoms with Crippen molar-refractivity contribution in [1.82, 2.24) is 20.1 Å². The second kappa shape index (κ2) is 7.09. The number of thiol groups is 1. The van der Waals surface area contributed by atoms with Crippen LogP contribution in [0.4, 0.5) is 0 Å². The Labute approximate surface area is 123 Å². The highest BCUT2D eigenvalue weighted by atomic mass is 32.1. The molecule has 0 spiro atoms. The van der Waals surface area contributed by atoms with Crippen LogP contribution in [0.25, 0.3) is 11.4 Å². The van der Waals surface area contributed by atoms with Crippen LogP contribution in [0.5, 0.6) is 0 Å². The summed E-state index contributed by atoms with van der Waals surface area (Å²) in [4.78, 5) is 15.8. The molecule has 0 radical (unpaired) electrons. The molecule has 0 bridgehead atoms. The van der Waals surface area contributed by atoms with Crippen molar-refractivity contribution in [3.8, 4) is 11.4 Å². The summed E-state index contributed by atoms with van der Waals surface area (Å²) in [6.07, 6.45) is 1.06. The molecule has 1 heterocycles. The zero-order valence-electron chi connectivity index (χ0n) is 11.4. The van der Waals surface area contributed by atoms with E-state index in [9.17, 15) is 4.79 Å². The number of carbonyl (C=O) groups excluding carboxylic acids is 1. The van der Waals surface area contributed by atoms with E-state index in [4.69, 9.17) is 0 Å². The molecule has 20 heavy (non-hydrogen) atoms. The van der Waals surface area contributed by atoms with E-state index in [-0.39, 0.29) is 5.91 Å². The van der Waals surface area contributed by atoms with Gasteiger partial charge in [-0.2, -0.15) is 17.7 Å². The maximum absolute atomic E-state index is 11.3. The minimum Gasteiger partial charge on any atom is -0.356 e. The van der Waals surface area contributed by atoms with Crippen molar-refractivity contribution in [2.75, 3.05) is 12.3 Å². The average Bonchev–Trinajstić information content (AvgIpc) is 2.81. The third kappa shape index (κ3) is 3.84. The smallest absolute Gasteiger partial charge is 0.220 e. The standard InChI is InChI=1S/C14H18N4OS/c1-18-14(11-5-3-2-4-6-11)16-12(17-18)7-9-15-13(19)8-10-20/h2-6,20H,7-10H2,1H3,(H,15,19). The molecule has 5 nitrogen and oxygen atoms in total. The number of nitrogens with zero attached hydrogens (tertiary/aromatic N) is 3. The van der Waals surface area contributed by atoms with Crippen molar-refractivity contribution in [2.24, 2.45) is 7.05 Å². The summed E-state index contributed by atoms with van der Waals surface area (Å²) in [5.74, 6) is 2.14. The fourth-order valence-corrected chi connectivity index (χ4v) is 2.09. The number of hydrogen-bond acceptors (Lipinski definition) is 4. The fourth-order valence-electron chi connectivity index (χ4n) is 1.89. The van der Waals surface area contributed by atoms with Crippen molar-refractivity contribution in [2.45, 2.75) is 12.8 Å². The lowest BCUT2D eigenvalue weighted by molar-refractivity contribution is -0.120. The number of amides is 1. The minimum atomic E-state index is 0.0132. The second-order valence-electron chi connectivity index (χ2n) is 4.41. The number of rotatable bonds is 6. The highest BCUT2D eigenvalue weighted by Gasteiger charge is 2.09. The third-order valence-corrected chi connectivity index (χ3v) is 3.07. The molecule has 6 heteroatoms.